The Bertz CT molecular complexity index is 452. The number of rotatable bonds is 3. The lowest BCUT2D eigenvalue weighted by Crippen LogP contribution is -2.46. The summed E-state index contributed by atoms with van der Waals surface area (Å²) in [7, 11) is 0. The van der Waals surface area contributed by atoms with Crippen LogP contribution in [0.5, 0.6) is 0 Å². The average molecular weight is 305 g/mol. The Labute approximate surface area is 122 Å². The average Bonchev–Trinajstić information content (AvgIpc) is 2.68. The Morgan fingerprint density at radius 3 is 2.45 bits per heavy atom. The Morgan fingerprint density at radius 1 is 1.25 bits per heavy atom. The van der Waals surface area contributed by atoms with Gasteiger partial charge in [0.2, 0.25) is 0 Å². The van der Waals surface area contributed by atoms with Gasteiger partial charge in [0.25, 0.3) is 0 Å². The van der Waals surface area contributed by atoms with Crippen LogP contribution in [0.3, 0.4) is 0 Å². The third kappa shape index (κ3) is 3.55. The van der Waals surface area contributed by atoms with E-state index in [0.29, 0.717) is 12.8 Å². The molecule has 2 rings (SSSR count). The third-order valence-corrected chi connectivity index (χ3v) is 5.18. The van der Waals surface area contributed by atoms with Crippen molar-refractivity contribution in [3.63, 3.8) is 0 Å². The Balaban J connectivity index is 2.09. The van der Waals surface area contributed by atoms with Crippen LogP contribution < -0.4 is 5.32 Å². The number of halogens is 3. The van der Waals surface area contributed by atoms with E-state index in [1.54, 1.807) is 11.3 Å². The molecule has 0 radical (unpaired) electrons. The Kier molecular flexibility index (Phi) is 4.80. The first-order chi connectivity index (χ1) is 9.29. The highest BCUT2D eigenvalue weighted by molar-refractivity contribution is 7.12. The fourth-order valence-electron chi connectivity index (χ4n) is 3.21. The molecule has 1 N–H and O–H groups in total. The lowest BCUT2D eigenvalue weighted by Gasteiger charge is -2.35. The molecule has 0 bridgehead atoms. The van der Waals surface area contributed by atoms with Crippen LogP contribution in [0.2, 0.25) is 0 Å². The van der Waals surface area contributed by atoms with Gasteiger partial charge in [0, 0.05) is 21.8 Å². The van der Waals surface area contributed by atoms with Crippen molar-refractivity contribution in [1.82, 2.24) is 5.32 Å². The number of thiophene rings is 1. The molecule has 0 aromatic carbocycles. The summed E-state index contributed by atoms with van der Waals surface area (Å²) < 4.78 is 39.3. The fraction of sp³-hybridized carbons (Fsp3) is 0.733. The van der Waals surface area contributed by atoms with Gasteiger partial charge in [0.15, 0.2) is 0 Å². The van der Waals surface area contributed by atoms with Crippen LogP contribution in [0.1, 0.15) is 54.0 Å². The molecule has 0 unspecified atom stereocenters. The van der Waals surface area contributed by atoms with Crippen LogP contribution in [0, 0.1) is 19.8 Å². The number of alkyl halides is 3. The van der Waals surface area contributed by atoms with E-state index in [-0.39, 0.29) is 12.5 Å². The van der Waals surface area contributed by atoms with Gasteiger partial charge in [-0.2, -0.15) is 13.2 Å². The van der Waals surface area contributed by atoms with Crippen molar-refractivity contribution in [2.24, 2.45) is 5.92 Å². The largest absolute Gasteiger partial charge is 0.393 e. The van der Waals surface area contributed by atoms with Crippen molar-refractivity contribution < 1.29 is 13.2 Å². The predicted molar refractivity (Wildman–Crippen MR) is 77.1 cm³/mol. The maximum Gasteiger partial charge on any atom is 0.393 e. The highest BCUT2D eigenvalue weighted by Crippen LogP contribution is 2.39. The molecule has 1 saturated carbocycles. The van der Waals surface area contributed by atoms with Gasteiger partial charge in [-0.25, -0.2) is 0 Å². The molecule has 1 aliphatic carbocycles. The van der Waals surface area contributed by atoms with E-state index in [4.69, 9.17) is 0 Å². The van der Waals surface area contributed by atoms with Crippen LogP contribution in [0.4, 0.5) is 13.2 Å². The first-order valence-electron chi connectivity index (χ1n) is 7.18. The van der Waals surface area contributed by atoms with Crippen LogP contribution in [0.25, 0.3) is 0 Å². The zero-order chi connectivity index (χ0) is 14.9. The minimum atomic E-state index is -4.09. The van der Waals surface area contributed by atoms with E-state index >= 15 is 0 Å². The summed E-state index contributed by atoms with van der Waals surface area (Å²) in [6.07, 6.45) is -1.63. The Morgan fingerprint density at radius 2 is 1.90 bits per heavy atom. The minimum Gasteiger partial charge on any atom is -0.307 e. The molecular weight excluding hydrogens is 283 g/mol. The normalized spacial score (nSPS) is 25.7. The van der Waals surface area contributed by atoms with Crippen molar-refractivity contribution in [2.75, 3.05) is 0 Å². The highest BCUT2D eigenvalue weighted by Gasteiger charge is 2.45. The summed E-state index contributed by atoms with van der Waals surface area (Å²) in [6.45, 7) is 6.04. The van der Waals surface area contributed by atoms with Crippen LogP contribution in [-0.4, -0.2) is 12.2 Å². The molecular formula is C15H22F3NS. The van der Waals surface area contributed by atoms with E-state index in [1.807, 2.05) is 20.8 Å². The lowest BCUT2D eigenvalue weighted by atomic mass is 9.83. The van der Waals surface area contributed by atoms with Gasteiger partial charge in [-0.05, 0) is 45.2 Å². The molecule has 1 nitrogen and oxygen atoms in total. The van der Waals surface area contributed by atoms with E-state index < -0.39 is 18.1 Å². The Hall–Kier alpha value is -0.550. The number of hydrogen-bond donors (Lipinski definition) is 1. The summed E-state index contributed by atoms with van der Waals surface area (Å²) in [4.78, 5) is 2.41. The predicted octanol–water partition coefficient (Wildman–Crippen LogP) is 5.14. The molecule has 0 saturated heterocycles. The molecule has 3 atom stereocenters. The van der Waals surface area contributed by atoms with E-state index in [0.717, 1.165) is 12.0 Å². The van der Waals surface area contributed by atoms with Crippen molar-refractivity contribution in [3.05, 3.63) is 21.4 Å². The number of aryl methyl sites for hydroxylation is 2. The zero-order valence-corrected chi connectivity index (χ0v) is 13.0. The minimum absolute atomic E-state index is 0.0205. The van der Waals surface area contributed by atoms with Gasteiger partial charge >= 0.3 is 6.18 Å². The van der Waals surface area contributed by atoms with Crippen molar-refractivity contribution in [1.29, 1.82) is 0 Å². The lowest BCUT2D eigenvalue weighted by molar-refractivity contribution is -0.189. The van der Waals surface area contributed by atoms with Crippen LogP contribution in [0.15, 0.2) is 6.07 Å². The number of hydrogen-bond acceptors (Lipinski definition) is 2. The second-order valence-electron chi connectivity index (χ2n) is 5.80. The molecule has 114 valence electrons. The summed E-state index contributed by atoms with van der Waals surface area (Å²) >= 11 is 1.70. The van der Waals surface area contributed by atoms with Crippen LogP contribution >= 0.6 is 11.3 Å². The molecule has 1 aromatic rings. The summed E-state index contributed by atoms with van der Waals surface area (Å²) in [5.41, 5.74) is 1.14. The number of nitrogens with one attached hydrogen (secondary N) is 1. The van der Waals surface area contributed by atoms with E-state index in [2.05, 4.69) is 11.4 Å². The highest BCUT2D eigenvalue weighted by atomic mass is 32.1. The molecule has 1 aromatic heterocycles. The maximum absolute atomic E-state index is 13.1. The smallest absolute Gasteiger partial charge is 0.307 e. The van der Waals surface area contributed by atoms with Gasteiger partial charge in [0.05, 0.1) is 5.92 Å². The summed E-state index contributed by atoms with van der Waals surface area (Å²) in [5.74, 6) is -1.20. The van der Waals surface area contributed by atoms with E-state index in [1.165, 1.54) is 9.75 Å². The summed E-state index contributed by atoms with van der Waals surface area (Å²) in [6, 6.07) is 1.62. The fourth-order valence-corrected chi connectivity index (χ4v) is 4.24. The van der Waals surface area contributed by atoms with Crippen LogP contribution in [-0.2, 0) is 0 Å². The molecule has 0 aliphatic heterocycles. The monoisotopic (exact) mass is 305 g/mol. The molecule has 5 heteroatoms. The molecule has 1 fully saturated rings. The first-order valence-corrected chi connectivity index (χ1v) is 8.00. The maximum atomic E-state index is 13.1. The van der Waals surface area contributed by atoms with Gasteiger partial charge in [0.1, 0.15) is 0 Å². The van der Waals surface area contributed by atoms with Crippen molar-refractivity contribution >= 4 is 11.3 Å². The van der Waals surface area contributed by atoms with Crippen molar-refractivity contribution in [2.45, 2.75) is 64.7 Å². The van der Waals surface area contributed by atoms with Crippen molar-refractivity contribution in [3.8, 4) is 0 Å². The van der Waals surface area contributed by atoms with Gasteiger partial charge in [-0.15, -0.1) is 11.3 Å². The van der Waals surface area contributed by atoms with Gasteiger partial charge < -0.3 is 5.32 Å². The first kappa shape index (κ1) is 15.8. The van der Waals surface area contributed by atoms with Gasteiger partial charge in [-0.1, -0.05) is 12.8 Å². The zero-order valence-electron chi connectivity index (χ0n) is 12.2. The third-order valence-electron chi connectivity index (χ3n) is 4.20. The van der Waals surface area contributed by atoms with Gasteiger partial charge in [-0.3, -0.25) is 0 Å². The second kappa shape index (κ2) is 6.06. The molecule has 1 aliphatic rings. The quantitative estimate of drug-likeness (QED) is 0.815. The summed E-state index contributed by atoms with van der Waals surface area (Å²) in [5, 5.41) is 3.23. The SMILES string of the molecule is Cc1cc([C@H](C)N[C@H]2CCCC[C@@H]2C(F)(F)F)c(C)s1. The topological polar surface area (TPSA) is 12.0 Å². The molecule has 20 heavy (non-hydrogen) atoms. The molecule has 0 amide bonds. The van der Waals surface area contributed by atoms with E-state index in [9.17, 15) is 13.2 Å². The molecule has 1 heterocycles. The second-order valence-corrected chi connectivity index (χ2v) is 7.26. The molecule has 0 spiro atoms. The standard InChI is InChI=1S/C15H22F3NS/c1-9-8-12(11(3)20-9)10(2)19-14-7-5-4-6-13(14)15(16,17)18/h8,10,13-14,19H,4-7H2,1-3H3/t10-,13-,14-/m0/s1.